The molecular weight excluding hydrogens is 308 g/mol. The van der Waals surface area contributed by atoms with E-state index in [4.69, 9.17) is 0 Å². The predicted octanol–water partition coefficient (Wildman–Crippen LogP) is 3.18. The SMILES string of the molecule is Cc1cnn(CCCN2C[C@@H]3CC[C@H](C2)N(Cc2ccccc2)C3)c1. The molecule has 4 heteroatoms. The van der Waals surface area contributed by atoms with Crippen LogP contribution in [0, 0.1) is 12.8 Å². The van der Waals surface area contributed by atoms with E-state index in [-0.39, 0.29) is 0 Å². The summed E-state index contributed by atoms with van der Waals surface area (Å²) in [4.78, 5) is 5.45. The highest BCUT2D eigenvalue weighted by Gasteiger charge is 2.34. The normalized spacial score (nSPS) is 24.5. The minimum Gasteiger partial charge on any atom is -0.301 e. The summed E-state index contributed by atoms with van der Waals surface area (Å²) in [7, 11) is 0. The van der Waals surface area contributed by atoms with E-state index >= 15 is 0 Å². The van der Waals surface area contributed by atoms with Crippen LogP contribution >= 0.6 is 0 Å². The van der Waals surface area contributed by atoms with E-state index in [1.54, 1.807) is 0 Å². The maximum atomic E-state index is 4.41. The summed E-state index contributed by atoms with van der Waals surface area (Å²) >= 11 is 0. The second-order valence-corrected chi connectivity index (χ2v) is 7.91. The van der Waals surface area contributed by atoms with Crippen molar-refractivity contribution in [3.63, 3.8) is 0 Å². The third-order valence-electron chi connectivity index (χ3n) is 5.75. The molecule has 0 N–H and O–H groups in total. The van der Waals surface area contributed by atoms with Crippen molar-refractivity contribution in [3.05, 3.63) is 53.9 Å². The molecule has 4 nitrogen and oxygen atoms in total. The summed E-state index contributed by atoms with van der Waals surface area (Å²) in [5.74, 6) is 0.842. The Morgan fingerprint density at radius 1 is 1.04 bits per heavy atom. The summed E-state index contributed by atoms with van der Waals surface area (Å²) in [6.07, 6.45) is 8.07. The Morgan fingerprint density at radius 2 is 1.92 bits per heavy atom. The molecular formula is C21H30N4. The first kappa shape index (κ1) is 16.8. The monoisotopic (exact) mass is 338 g/mol. The van der Waals surface area contributed by atoms with Crippen LogP contribution in [0.2, 0.25) is 0 Å². The van der Waals surface area contributed by atoms with Crippen molar-refractivity contribution in [1.82, 2.24) is 19.6 Å². The molecule has 5 rings (SSSR count). The van der Waals surface area contributed by atoms with Crippen molar-refractivity contribution >= 4 is 0 Å². The molecule has 1 aromatic heterocycles. The molecule has 2 aromatic rings. The lowest BCUT2D eigenvalue weighted by atomic mass is 9.94. The first-order valence-electron chi connectivity index (χ1n) is 9.75. The highest BCUT2D eigenvalue weighted by Crippen LogP contribution is 2.29. The molecule has 4 heterocycles. The number of rotatable bonds is 6. The lowest BCUT2D eigenvalue weighted by Gasteiger charge is -2.36. The smallest absolute Gasteiger partial charge is 0.0518 e. The molecule has 3 aliphatic heterocycles. The molecule has 134 valence electrons. The summed E-state index contributed by atoms with van der Waals surface area (Å²) in [5.41, 5.74) is 2.71. The molecule has 0 amide bonds. The average molecular weight is 338 g/mol. The number of hydrogen-bond acceptors (Lipinski definition) is 3. The largest absolute Gasteiger partial charge is 0.301 e. The van der Waals surface area contributed by atoms with E-state index in [1.807, 2.05) is 6.20 Å². The topological polar surface area (TPSA) is 24.3 Å². The summed E-state index contributed by atoms with van der Waals surface area (Å²) in [5, 5.41) is 4.41. The van der Waals surface area contributed by atoms with Crippen molar-refractivity contribution in [2.45, 2.75) is 45.3 Å². The molecule has 3 aliphatic rings. The molecule has 0 spiro atoms. The van der Waals surface area contributed by atoms with Crippen LogP contribution in [0.5, 0.6) is 0 Å². The van der Waals surface area contributed by atoms with Crippen molar-refractivity contribution in [3.8, 4) is 0 Å². The van der Waals surface area contributed by atoms with Gasteiger partial charge in [-0.05, 0) is 49.8 Å². The molecule has 0 unspecified atom stereocenters. The van der Waals surface area contributed by atoms with Gasteiger partial charge < -0.3 is 4.90 Å². The number of piperidine rings is 1. The first-order valence-corrected chi connectivity index (χ1v) is 9.75. The lowest BCUT2D eigenvalue weighted by Crippen LogP contribution is -2.43. The summed E-state index contributed by atoms with van der Waals surface area (Å²) in [6.45, 7) is 9.24. The lowest BCUT2D eigenvalue weighted by molar-refractivity contribution is 0.123. The fourth-order valence-corrected chi connectivity index (χ4v) is 4.52. The third kappa shape index (κ3) is 4.31. The number of nitrogens with zero attached hydrogens (tertiary/aromatic N) is 4. The van der Waals surface area contributed by atoms with Crippen LogP contribution in [-0.4, -0.2) is 51.8 Å². The second-order valence-electron chi connectivity index (χ2n) is 7.91. The predicted molar refractivity (Wildman–Crippen MR) is 101 cm³/mol. The standard InChI is InChI=1S/C21H30N4/c1-18-12-22-25(13-18)11-5-10-23-14-20-8-9-21(17-23)24(16-20)15-19-6-3-2-4-7-19/h2-4,6-7,12-13,20-21H,5,8-11,14-17H2,1H3/t20-,21+/m0/s1. The highest BCUT2D eigenvalue weighted by molar-refractivity contribution is 5.15. The zero-order valence-corrected chi connectivity index (χ0v) is 15.3. The van der Waals surface area contributed by atoms with E-state index in [0.29, 0.717) is 0 Å². The minimum atomic E-state index is 0.728. The number of hydrogen-bond donors (Lipinski definition) is 0. The molecule has 3 saturated heterocycles. The van der Waals surface area contributed by atoms with Gasteiger partial charge in [0.25, 0.3) is 0 Å². The first-order chi connectivity index (χ1) is 12.3. The van der Waals surface area contributed by atoms with Crippen LogP contribution in [0.4, 0.5) is 0 Å². The van der Waals surface area contributed by atoms with Gasteiger partial charge in [0.15, 0.2) is 0 Å². The molecule has 0 saturated carbocycles. The van der Waals surface area contributed by atoms with Gasteiger partial charge in [-0.3, -0.25) is 9.58 Å². The summed E-state index contributed by atoms with van der Waals surface area (Å²) in [6, 6.07) is 11.7. The Bertz CT molecular complexity index is 666. The van der Waals surface area contributed by atoms with Gasteiger partial charge in [0.2, 0.25) is 0 Å². The molecule has 0 aliphatic carbocycles. The summed E-state index contributed by atoms with van der Waals surface area (Å²) < 4.78 is 2.09. The molecule has 2 atom stereocenters. The van der Waals surface area contributed by atoms with E-state index in [1.165, 1.54) is 56.6 Å². The average Bonchev–Trinajstić information content (AvgIpc) is 2.84. The van der Waals surface area contributed by atoms with E-state index in [9.17, 15) is 0 Å². The van der Waals surface area contributed by atoms with Crippen molar-refractivity contribution in [2.24, 2.45) is 5.92 Å². The van der Waals surface area contributed by atoms with Gasteiger partial charge in [-0.25, -0.2) is 0 Å². The number of fused-ring (bicyclic) bond motifs is 4. The van der Waals surface area contributed by atoms with Crippen LogP contribution in [0.1, 0.15) is 30.4 Å². The van der Waals surface area contributed by atoms with Crippen LogP contribution < -0.4 is 0 Å². The molecule has 2 bridgehead atoms. The fraction of sp³-hybridized carbons (Fsp3) is 0.571. The van der Waals surface area contributed by atoms with Gasteiger partial charge >= 0.3 is 0 Å². The zero-order chi connectivity index (χ0) is 17.1. The van der Waals surface area contributed by atoms with Gasteiger partial charge in [0.05, 0.1) is 6.20 Å². The molecule has 25 heavy (non-hydrogen) atoms. The van der Waals surface area contributed by atoms with Crippen LogP contribution in [0.3, 0.4) is 0 Å². The maximum Gasteiger partial charge on any atom is 0.0518 e. The Balaban J connectivity index is 1.31. The Kier molecular flexibility index (Phi) is 5.18. The van der Waals surface area contributed by atoms with Crippen molar-refractivity contribution in [1.29, 1.82) is 0 Å². The molecule has 3 fully saturated rings. The Labute approximate surface area is 151 Å². The third-order valence-corrected chi connectivity index (χ3v) is 5.75. The van der Waals surface area contributed by atoms with Gasteiger partial charge in [-0.2, -0.15) is 5.10 Å². The van der Waals surface area contributed by atoms with E-state index in [0.717, 1.165) is 25.0 Å². The van der Waals surface area contributed by atoms with Gasteiger partial charge in [0, 0.05) is 45.0 Å². The fourth-order valence-electron chi connectivity index (χ4n) is 4.52. The van der Waals surface area contributed by atoms with Gasteiger partial charge in [-0.15, -0.1) is 0 Å². The molecule has 1 aromatic carbocycles. The highest BCUT2D eigenvalue weighted by atomic mass is 15.3. The van der Waals surface area contributed by atoms with Crippen LogP contribution in [0.15, 0.2) is 42.7 Å². The van der Waals surface area contributed by atoms with Crippen molar-refractivity contribution in [2.75, 3.05) is 26.2 Å². The minimum absolute atomic E-state index is 0.728. The van der Waals surface area contributed by atoms with Crippen LogP contribution in [0.25, 0.3) is 0 Å². The van der Waals surface area contributed by atoms with E-state index < -0.39 is 0 Å². The Hall–Kier alpha value is -1.65. The zero-order valence-electron chi connectivity index (χ0n) is 15.3. The quantitative estimate of drug-likeness (QED) is 0.808. The van der Waals surface area contributed by atoms with Crippen molar-refractivity contribution < 1.29 is 0 Å². The number of aromatic nitrogens is 2. The van der Waals surface area contributed by atoms with Gasteiger partial charge in [-0.1, -0.05) is 30.3 Å². The van der Waals surface area contributed by atoms with Gasteiger partial charge in [0.1, 0.15) is 0 Å². The number of aryl methyl sites for hydroxylation is 2. The molecule has 0 radical (unpaired) electrons. The number of benzene rings is 1. The maximum absolute atomic E-state index is 4.41. The van der Waals surface area contributed by atoms with Crippen LogP contribution in [-0.2, 0) is 13.1 Å². The second kappa shape index (κ2) is 7.71. The van der Waals surface area contributed by atoms with E-state index in [2.05, 4.69) is 63.0 Å². The Morgan fingerprint density at radius 3 is 2.72 bits per heavy atom.